The second-order valence-electron chi connectivity index (χ2n) is 4.86. The smallest absolute Gasteiger partial charge is 0.113 e. The van der Waals surface area contributed by atoms with Crippen molar-refractivity contribution in [3.63, 3.8) is 0 Å². The first-order chi connectivity index (χ1) is 7.44. The molecule has 2 atom stereocenters. The second-order valence-corrected chi connectivity index (χ2v) is 5.89. The first-order valence-corrected chi connectivity index (χ1v) is 6.32. The van der Waals surface area contributed by atoms with Gasteiger partial charge >= 0.3 is 0 Å². The van der Waals surface area contributed by atoms with Crippen LogP contribution in [0.15, 0.2) is 0 Å². The summed E-state index contributed by atoms with van der Waals surface area (Å²) in [6.45, 7) is 7.93. The molecular weight excluding hydrogens is 220 g/mol. The Morgan fingerprint density at radius 3 is 2.81 bits per heavy atom. The minimum absolute atomic E-state index is 0.111. The van der Waals surface area contributed by atoms with Crippen molar-refractivity contribution < 1.29 is 4.74 Å². The van der Waals surface area contributed by atoms with Gasteiger partial charge in [-0.1, -0.05) is 0 Å². The van der Waals surface area contributed by atoms with Gasteiger partial charge in [-0.3, -0.25) is 0 Å². The van der Waals surface area contributed by atoms with E-state index in [1.165, 1.54) is 4.88 Å². The molecule has 1 aromatic heterocycles. The summed E-state index contributed by atoms with van der Waals surface area (Å²) >= 11 is 1.62. The highest BCUT2D eigenvalue weighted by Crippen LogP contribution is 2.37. The van der Waals surface area contributed by atoms with Crippen LogP contribution in [0.3, 0.4) is 0 Å². The molecular formula is C12H16N2OS. The van der Waals surface area contributed by atoms with Crippen LogP contribution in [0.25, 0.3) is 0 Å². The van der Waals surface area contributed by atoms with Crippen LogP contribution in [0.5, 0.6) is 0 Å². The van der Waals surface area contributed by atoms with Gasteiger partial charge in [0.05, 0.1) is 28.8 Å². The Bertz CT molecular complexity index is 444. The van der Waals surface area contributed by atoms with Crippen LogP contribution in [0, 0.1) is 11.3 Å². The molecule has 0 aromatic carbocycles. The highest BCUT2D eigenvalue weighted by Gasteiger charge is 2.31. The second kappa shape index (κ2) is 3.83. The maximum absolute atomic E-state index is 9.11. The van der Waals surface area contributed by atoms with Crippen LogP contribution in [-0.2, 0) is 16.6 Å². The van der Waals surface area contributed by atoms with Gasteiger partial charge < -0.3 is 4.74 Å². The van der Waals surface area contributed by atoms with E-state index >= 15 is 0 Å². The molecule has 0 amide bonds. The van der Waals surface area contributed by atoms with Crippen molar-refractivity contribution in [3.8, 4) is 6.07 Å². The Labute approximate surface area is 100 Å². The molecule has 1 aliphatic heterocycles. The summed E-state index contributed by atoms with van der Waals surface area (Å²) in [7, 11) is 0. The summed E-state index contributed by atoms with van der Waals surface area (Å²) in [4.78, 5) is 5.80. The van der Waals surface area contributed by atoms with Gasteiger partial charge in [-0.05, 0) is 27.7 Å². The molecule has 0 aliphatic carbocycles. The zero-order valence-corrected chi connectivity index (χ0v) is 10.9. The monoisotopic (exact) mass is 236 g/mol. The van der Waals surface area contributed by atoms with Gasteiger partial charge in [-0.25, -0.2) is 4.98 Å². The number of rotatable bonds is 1. The molecule has 0 bridgehead atoms. The van der Waals surface area contributed by atoms with Crippen molar-refractivity contribution in [1.29, 1.82) is 5.26 Å². The minimum Gasteiger partial charge on any atom is -0.370 e. The lowest BCUT2D eigenvalue weighted by atomic mass is 9.97. The molecule has 2 rings (SSSR count). The molecule has 2 heterocycles. The van der Waals surface area contributed by atoms with Crippen LogP contribution in [0.1, 0.15) is 49.4 Å². The standard InChI is InChI=1S/C12H16N2OS/c1-7-5-9-10(8(2)15-7)16-11(14-9)12(3,4)6-13/h7-8H,5H2,1-4H3. The van der Waals surface area contributed by atoms with Gasteiger partial charge in [0.25, 0.3) is 0 Å². The molecule has 0 saturated carbocycles. The molecule has 86 valence electrons. The zero-order valence-electron chi connectivity index (χ0n) is 10.1. The molecule has 0 spiro atoms. The lowest BCUT2D eigenvalue weighted by Gasteiger charge is -2.23. The molecule has 0 saturated heterocycles. The Morgan fingerprint density at radius 1 is 1.50 bits per heavy atom. The van der Waals surface area contributed by atoms with Crippen LogP contribution in [0.4, 0.5) is 0 Å². The number of nitrogens with zero attached hydrogens (tertiary/aromatic N) is 2. The van der Waals surface area contributed by atoms with Gasteiger partial charge in [0.2, 0.25) is 0 Å². The van der Waals surface area contributed by atoms with Crippen LogP contribution < -0.4 is 0 Å². The summed E-state index contributed by atoms with van der Waals surface area (Å²) in [5.41, 5.74) is 0.625. The largest absolute Gasteiger partial charge is 0.370 e. The average Bonchev–Trinajstić information content (AvgIpc) is 2.62. The van der Waals surface area contributed by atoms with E-state index in [0.717, 1.165) is 17.1 Å². The Morgan fingerprint density at radius 2 is 2.19 bits per heavy atom. The molecule has 0 radical (unpaired) electrons. The van der Waals surface area contributed by atoms with Crippen molar-refractivity contribution in [3.05, 3.63) is 15.6 Å². The number of fused-ring (bicyclic) bond motifs is 1. The number of hydrogen-bond donors (Lipinski definition) is 0. The molecule has 1 aliphatic rings. The summed E-state index contributed by atoms with van der Waals surface area (Å²) in [5, 5.41) is 10.0. The van der Waals surface area contributed by atoms with E-state index in [1.54, 1.807) is 11.3 Å². The Balaban J connectivity index is 2.42. The third-order valence-corrected chi connectivity index (χ3v) is 4.41. The molecule has 4 heteroatoms. The van der Waals surface area contributed by atoms with Crippen molar-refractivity contribution >= 4 is 11.3 Å². The Kier molecular flexibility index (Phi) is 2.77. The lowest BCUT2D eigenvalue weighted by Crippen LogP contribution is -2.21. The fraction of sp³-hybridized carbons (Fsp3) is 0.667. The van der Waals surface area contributed by atoms with Crippen LogP contribution >= 0.6 is 11.3 Å². The van der Waals surface area contributed by atoms with Crippen LogP contribution in [0.2, 0.25) is 0 Å². The number of hydrogen-bond acceptors (Lipinski definition) is 4. The van der Waals surface area contributed by atoms with E-state index < -0.39 is 5.41 Å². The number of nitriles is 1. The predicted molar refractivity (Wildman–Crippen MR) is 63.4 cm³/mol. The van der Waals surface area contributed by atoms with Gasteiger partial charge in [-0.15, -0.1) is 11.3 Å². The quantitative estimate of drug-likeness (QED) is 0.753. The van der Waals surface area contributed by atoms with Crippen molar-refractivity contribution in [2.75, 3.05) is 0 Å². The number of ether oxygens (including phenoxy) is 1. The highest BCUT2D eigenvalue weighted by molar-refractivity contribution is 7.12. The summed E-state index contributed by atoms with van der Waals surface area (Å²) < 4.78 is 5.76. The van der Waals surface area contributed by atoms with E-state index in [0.29, 0.717) is 0 Å². The van der Waals surface area contributed by atoms with Crippen molar-refractivity contribution in [2.24, 2.45) is 0 Å². The third kappa shape index (κ3) is 1.85. The molecule has 3 nitrogen and oxygen atoms in total. The highest BCUT2D eigenvalue weighted by atomic mass is 32.1. The fourth-order valence-electron chi connectivity index (χ4n) is 1.87. The first-order valence-electron chi connectivity index (χ1n) is 5.51. The fourth-order valence-corrected chi connectivity index (χ4v) is 3.01. The number of thiazole rings is 1. The van der Waals surface area contributed by atoms with E-state index in [9.17, 15) is 0 Å². The molecule has 16 heavy (non-hydrogen) atoms. The maximum Gasteiger partial charge on any atom is 0.113 e. The molecule has 0 N–H and O–H groups in total. The minimum atomic E-state index is -0.495. The summed E-state index contributed by atoms with van der Waals surface area (Å²) in [6.07, 6.45) is 1.19. The van der Waals surface area contributed by atoms with E-state index in [4.69, 9.17) is 10.00 Å². The average molecular weight is 236 g/mol. The summed E-state index contributed by atoms with van der Waals surface area (Å²) in [6, 6.07) is 2.30. The molecule has 0 fully saturated rings. The van der Waals surface area contributed by atoms with E-state index in [2.05, 4.69) is 24.9 Å². The van der Waals surface area contributed by atoms with Gasteiger partial charge in [-0.2, -0.15) is 5.26 Å². The normalized spacial score (nSPS) is 24.9. The first kappa shape index (κ1) is 11.6. The third-order valence-electron chi connectivity index (χ3n) is 2.83. The molecule has 1 aromatic rings. The SMILES string of the molecule is CC1Cc2nc(C(C)(C)C#N)sc2C(C)O1. The predicted octanol–water partition coefficient (Wildman–Crippen LogP) is 2.97. The van der Waals surface area contributed by atoms with E-state index in [-0.39, 0.29) is 12.2 Å². The van der Waals surface area contributed by atoms with Crippen LogP contribution in [-0.4, -0.2) is 11.1 Å². The van der Waals surface area contributed by atoms with Gasteiger partial charge in [0.15, 0.2) is 0 Å². The maximum atomic E-state index is 9.11. The number of aromatic nitrogens is 1. The Hall–Kier alpha value is -0.920. The zero-order chi connectivity index (χ0) is 11.9. The summed E-state index contributed by atoms with van der Waals surface area (Å²) in [5.74, 6) is 0. The van der Waals surface area contributed by atoms with E-state index in [1.807, 2.05) is 13.8 Å². The van der Waals surface area contributed by atoms with Gasteiger partial charge in [0, 0.05) is 6.42 Å². The topological polar surface area (TPSA) is 45.9 Å². The van der Waals surface area contributed by atoms with Crippen molar-refractivity contribution in [1.82, 2.24) is 4.98 Å². The van der Waals surface area contributed by atoms with Gasteiger partial charge in [0.1, 0.15) is 10.4 Å². The molecule has 2 unspecified atom stereocenters. The lowest BCUT2D eigenvalue weighted by molar-refractivity contribution is -0.00319. The van der Waals surface area contributed by atoms with Crippen molar-refractivity contribution in [2.45, 2.75) is 51.7 Å².